The maximum atomic E-state index is 11.1. The Balaban J connectivity index is 3.03. The summed E-state index contributed by atoms with van der Waals surface area (Å²) < 4.78 is 5.71. The molecule has 0 aliphatic carbocycles. The standard InChI is InChI=1S/C7H6Br2O2/c1-4-5(6(10)3-8)2-7(9)11-4/h2H,3H2,1H3. The Labute approximate surface area is 81.2 Å². The number of carbonyl (C=O) groups excluding carboxylic acids is 1. The molecule has 60 valence electrons. The Kier molecular flexibility index (Phi) is 2.90. The smallest absolute Gasteiger partial charge is 0.176 e. The molecule has 0 amide bonds. The van der Waals surface area contributed by atoms with Crippen molar-refractivity contribution in [2.75, 3.05) is 5.33 Å². The number of alkyl halides is 1. The Morgan fingerprint density at radius 1 is 1.73 bits per heavy atom. The molecular weight excluding hydrogens is 276 g/mol. The molecule has 0 bridgehead atoms. The summed E-state index contributed by atoms with van der Waals surface area (Å²) >= 11 is 6.23. The molecular formula is C7H6Br2O2. The van der Waals surface area contributed by atoms with E-state index >= 15 is 0 Å². The van der Waals surface area contributed by atoms with Gasteiger partial charge in [-0.1, -0.05) is 15.9 Å². The summed E-state index contributed by atoms with van der Waals surface area (Å²) in [6.07, 6.45) is 0. The molecule has 0 aromatic carbocycles. The van der Waals surface area contributed by atoms with Gasteiger partial charge in [0.25, 0.3) is 0 Å². The lowest BCUT2D eigenvalue weighted by Gasteiger charge is -1.90. The van der Waals surface area contributed by atoms with Crippen molar-refractivity contribution in [2.45, 2.75) is 6.92 Å². The summed E-state index contributed by atoms with van der Waals surface area (Å²) in [6, 6.07) is 1.68. The fourth-order valence-electron chi connectivity index (χ4n) is 0.795. The zero-order chi connectivity index (χ0) is 8.43. The van der Waals surface area contributed by atoms with Gasteiger partial charge in [0.05, 0.1) is 10.9 Å². The maximum absolute atomic E-state index is 11.1. The fraction of sp³-hybridized carbons (Fsp3) is 0.286. The molecule has 1 aromatic heterocycles. The van der Waals surface area contributed by atoms with Crippen LogP contribution in [0.2, 0.25) is 0 Å². The molecule has 2 nitrogen and oxygen atoms in total. The van der Waals surface area contributed by atoms with E-state index in [1.54, 1.807) is 13.0 Å². The number of furan rings is 1. The predicted molar refractivity (Wildman–Crippen MR) is 49.3 cm³/mol. The van der Waals surface area contributed by atoms with Crippen molar-refractivity contribution >= 4 is 37.6 Å². The Bertz CT molecular complexity index is 278. The first kappa shape index (κ1) is 9.00. The number of halogens is 2. The van der Waals surface area contributed by atoms with Crippen LogP contribution in [-0.2, 0) is 0 Å². The van der Waals surface area contributed by atoms with Crippen LogP contribution in [0.5, 0.6) is 0 Å². The average molecular weight is 282 g/mol. The van der Waals surface area contributed by atoms with Crippen molar-refractivity contribution in [3.05, 3.63) is 22.1 Å². The Morgan fingerprint density at radius 2 is 2.36 bits per heavy atom. The molecule has 0 fully saturated rings. The fourth-order valence-corrected chi connectivity index (χ4v) is 1.57. The number of hydrogen-bond acceptors (Lipinski definition) is 2. The van der Waals surface area contributed by atoms with Crippen LogP contribution in [0.25, 0.3) is 0 Å². The minimum Gasteiger partial charge on any atom is -0.454 e. The Morgan fingerprint density at radius 3 is 2.73 bits per heavy atom. The Hall–Kier alpha value is -0.0900. The van der Waals surface area contributed by atoms with E-state index in [2.05, 4.69) is 31.9 Å². The first-order valence-corrected chi connectivity index (χ1v) is 4.91. The van der Waals surface area contributed by atoms with E-state index in [-0.39, 0.29) is 5.78 Å². The van der Waals surface area contributed by atoms with E-state index in [0.29, 0.717) is 21.3 Å². The third-order valence-corrected chi connectivity index (χ3v) is 2.21. The van der Waals surface area contributed by atoms with Crippen molar-refractivity contribution in [3.63, 3.8) is 0 Å². The highest BCUT2D eigenvalue weighted by Gasteiger charge is 2.11. The van der Waals surface area contributed by atoms with Crippen molar-refractivity contribution in [1.82, 2.24) is 0 Å². The van der Waals surface area contributed by atoms with Crippen LogP contribution in [0, 0.1) is 6.92 Å². The van der Waals surface area contributed by atoms with Crippen molar-refractivity contribution in [2.24, 2.45) is 0 Å². The molecule has 0 saturated heterocycles. The molecule has 1 rings (SSSR count). The molecule has 0 unspecified atom stereocenters. The largest absolute Gasteiger partial charge is 0.454 e. The highest BCUT2D eigenvalue weighted by molar-refractivity contribution is 9.10. The molecule has 0 spiro atoms. The number of ketones is 1. The topological polar surface area (TPSA) is 30.2 Å². The van der Waals surface area contributed by atoms with Crippen LogP contribution >= 0.6 is 31.9 Å². The molecule has 11 heavy (non-hydrogen) atoms. The SMILES string of the molecule is Cc1oc(Br)cc1C(=O)CBr. The van der Waals surface area contributed by atoms with Crippen molar-refractivity contribution in [3.8, 4) is 0 Å². The van der Waals surface area contributed by atoms with Gasteiger partial charge in [0, 0.05) is 6.07 Å². The van der Waals surface area contributed by atoms with Crippen LogP contribution < -0.4 is 0 Å². The molecule has 0 aliphatic heterocycles. The first-order valence-electron chi connectivity index (χ1n) is 3.00. The van der Waals surface area contributed by atoms with Crippen LogP contribution in [0.15, 0.2) is 15.2 Å². The second-order valence-electron chi connectivity index (χ2n) is 2.08. The van der Waals surface area contributed by atoms with Gasteiger partial charge in [0.15, 0.2) is 10.5 Å². The second-order valence-corrected chi connectivity index (χ2v) is 3.42. The summed E-state index contributed by atoms with van der Waals surface area (Å²) in [7, 11) is 0. The highest BCUT2D eigenvalue weighted by atomic mass is 79.9. The van der Waals surface area contributed by atoms with Gasteiger partial charge in [0.1, 0.15) is 5.76 Å². The van der Waals surface area contributed by atoms with Crippen LogP contribution in [-0.4, -0.2) is 11.1 Å². The van der Waals surface area contributed by atoms with Crippen LogP contribution in [0.3, 0.4) is 0 Å². The van der Waals surface area contributed by atoms with Crippen LogP contribution in [0.4, 0.5) is 0 Å². The molecule has 4 heteroatoms. The first-order chi connectivity index (χ1) is 5.15. The third kappa shape index (κ3) is 1.93. The monoisotopic (exact) mass is 280 g/mol. The van der Waals surface area contributed by atoms with Gasteiger partial charge >= 0.3 is 0 Å². The summed E-state index contributed by atoms with van der Waals surface area (Å²) in [6.45, 7) is 1.76. The normalized spacial score (nSPS) is 10.1. The number of hydrogen-bond donors (Lipinski definition) is 0. The quantitative estimate of drug-likeness (QED) is 0.616. The molecule has 0 radical (unpaired) electrons. The molecule has 0 saturated carbocycles. The van der Waals surface area contributed by atoms with Crippen LogP contribution in [0.1, 0.15) is 16.1 Å². The molecule has 1 aromatic rings. The lowest BCUT2D eigenvalue weighted by atomic mass is 10.2. The number of carbonyl (C=O) groups is 1. The van der Waals surface area contributed by atoms with Gasteiger partial charge in [-0.3, -0.25) is 4.79 Å². The van der Waals surface area contributed by atoms with E-state index in [9.17, 15) is 4.79 Å². The van der Waals surface area contributed by atoms with Gasteiger partial charge in [0.2, 0.25) is 0 Å². The molecule has 1 heterocycles. The van der Waals surface area contributed by atoms with Gasteiger partial charge in [-0.25, -0.2) is 0 Å². The minimum atomic E-state index is 0.0388. The zero-order valence-corrected chi connectivity index (χ0v) is 9.03. The molecule has 0 N–H and O–H groups in total. The van der Waals surface area contributed by atoms with Crippen molar-refractivity contribution < 1.29 is 9.21 Å². The van der Waals surface area contributed by atoms with Crippen molar-refractivity contribution in [1.29, 1.82) is 0 Å². The zero-order valence-electron chi connectivity index (χ0n) is 5.86. The number of aryl methyl sites for hydroxylation is 1. The summed E-state index contributed by atoms with van der Waals surface area (Å²) in [4.78, 5) is 11.1. The maximum Gasteiger partial charge on any atom is 0.176 e. The lowest BCUT2D eigenvalue weighted by Crippen LogP contribution is -1.99. The third-order valence-electron chi connectivity index (χ3n) is 1.31. The number of Topliss-reactive ketones (excluding diaryl/α,β-unsaturated/α-hetero) is 1. The number of rotatable bonds is 2. The predicted octanol–water partition coefficient (Wildman–Crippen LogP) is 2.93. The van der Waals surface area contributed by atoms with Gasteiger partial charge in [-0.05, 0) is 22.9 Å². The average Bonchev–Trinajstić information content (AvgIpc) is 2.28. The van der Waals surface area contributed by atoms with E-state index in [1.807, 2.05) is 0 Å². The van der Waals surface area contributed by atoms with E-state index in [0.717, 1.165) is 0 Å². The van der Waals surface area contributed by atoms with E-state index in [1.165, 1.54) is 0 Å². The van der Waals surface area contributed by atoms with Gasteiger partial charge in [-0.15, -0.1) is 0 Å². The van der Waals surface area contributed by atoms with Gasteiger partial charge in [-0.2, -0.15) is 0 Å². The second kappa shape index (κ2) is 3.54. The molecule has 0 atom stereocenters. The van der Waals surface area contributed by atoms with E-state index in [4.69, 9.17) is 4.42 Å². The lowest BCUT2D eigenvalue weighted by molar-refractivity contribution is 0.102. The van der Waals surface area contributed by atoms with E-state index < -0.39 is 0 Å². The summed E-state index contributed by atoms with van der Waals surface area (Å²) in [5.74, 6) is 0.693. The summed E-state index contributed by atoms with van der Waals surface area (Å²) in [5, 5.41) is 0.333. The summed E-state index contributed by atoms with van der Waals surface area (Å²) in [5.41, 5.74) is 0.633. The highest BCUT2D eigenvalue weighted by Crippen LogP contribution is 2.20. The minimum absolute atomic E-state index is 0.0388. The molecule has 0 aliphatic rings. The van der Waals surface area contributed by atoms with Gasteiger partial charge < -0.3 is 4.42 Å².